The van der Waals surface area contributed by atoms with Crippen LogP contribution in [0.15, 0.2) is 66.7 Å². The molecule has 0 atom stereocenters. The number of amides is 2. The Hall–Kier alpha value is -3.44. The quantitative estimate of drug-likeness (QED) is 0.476. The molecule has 3 aromatic carbocycles. The fourth-order valence-electron chi connectivity index (χ4n) is 5.89. The largest absolute Gasteiger partial charge is 0.341 e. The number of fused-ring (bicyclic) bond motifs is 5. The molecule has 0 unspecified atom stereocenters. The molecule has 3 heterocycles. The predicted molar refractivity (Wildman–Crippen MR) is 130 cm³/mol. The Morgan fingerprint density at radius 1 is 0.879 bits per heavy atom. The number of likely N-dealkylation sites (tertiary alicyclic amines) is 1. The van der Waals surface area contributed by atoms with Crippen LogP contribution >= 0.6 is 0 Å². The van der Waals surface area contributed by atoms with Crippen LogP contribution in [0.1, 0.15) is 41.3 Å². The molecule has 5 nitrogen and oxygen atoms in total. The van der Waals surface area contributed by atoms with E-state index < -0.39 is 5.41 Å². The second-order valence-corrected chi connectivity index (χ2v) is 9.30. The maximum atomic E-state index is 13.0. The van der Waals surface area contributed by atoms with Crippen LogP contribution in [0.2, 0.25) is 0 Å². The molecule has 1 fully saturated rings. The van der Waals surface area contributed by atoms with E-state index in [4.69, 9.17) is 0 Å². The Bertz CT molecular complexity index is 1410. The lowest BCUT2D eigenvalue weighted by Gasteiger charge is -2.43. The van der Waals surface area contributed by atoms with Crippen molar-refractivity contribution < 1.29 is 9.59 Å². The lowest BCUT2D eigenvalue weighted by Crippen LogP contribution is -2.56. The van der Waals surface area contributed by atoms with Gasteiger partial charge in [0.2, 0.25) is 5.91 Å². The standard InChI is InChI=1S/C28H27N3O2/c1-2-31-24-10-6-4-7-20(24)21-12-11-19(17-25(21)31)18-30-15-13-28(14-16-30)23-9-5-3-8-22(23)26(32)29-27(28)33/h3-12,17H,2,13-16,18H2,1H3,(H,29,32,33). The van der Waals surface area contributed by atoms with Crippen molar-refractivity contribution in [3.05, 3.63) is 83.4 Å². The molecule has 0 saturated carbocycles. The highest BCUT2D eigenvalue weighted by atomic mass is 16.2. The number of aryl methyl sites for hydroxylation is 1. The molecule has 33 heavy (non-hydrogen) atoms. The molecule has 1 N–H and O–H groups in total. The van der Waals surface area contributed by atoms with Gasteiger partial charge in [-0.05, 0) is 62.2 Å². The van der Waals surface area contributed by atoms with Gasteiger partial charge in [0.15, 0.2) is 0 Å². The van der Waals surface area contributed by atoms with Gasteiger partial charge in [-0.1, -0.05) is 48.5 Å². The molecule has 5 heteroatoms. The van der Waals surface area contributed by atoms with Crippen LogP contribution < -0.4 is 5.32 Å². The van der Waals surface area contributed by atoms with Gasteiger partial charge in [-0.2, -0.15) is 0 Å². The van der Waals surface area contributed by atoms with Gasteiger partial charge >= 0.3 is 0 Å². The highest BCUT2D eigenvalue weighted by Gasteiger charge is 2.48. The van der Waals surface area contributed by atoms with Gasteiger partial charge in [0, 0.05) is 40.5 Å². The van der Waals surface area contributed by atoms with Gasteiger partial charge in [-0.3, -0.25) is 19.8 Å². The summed E-state index contributed by atoms with van der Waals surface area (Å²) in [6, 6.07) is 23.0. The molecule has 166 valence electrons. The highest BCUT2D eigenvalue weighted by Crippen LogP contribution is 2.40. The monoisotopic (exact) mass is 437 g/mol. The van der Waals surface area contributed by atoms with Crippen LogP contribution in [-0.2, 0) is 23.3 Å². The van der Waals surface area contributed by atoms with Crippen LogP contribution in [-0.4, -0.2) is 34.4 Å². The molecule has 0 bridgehead atoms. The molecule has 0 radical (unpaired) electrons. The second kappa shape index (κ2) is 7.56. The summed E-state index contributed by atoms with van der Waals surface area (Å²) in [7, 11) is 0. The maximum Gasteiger partial charge on any atom is 0.258 e. The van der Waals surface area contributed by atoms with Crippen molar-refractivity contribution in [2.75, 3.05) is 13.1 Å². The number of benzene rings is 3. The number of nitrogens with zero attached hydrogens (tertiary/aromatic N) is 2. The van der Waals surface area contributed by atoms with Gasteiger partial charge in [0.25, 0.3) is 5.91 Å². The van der Waals surface area contributed by atoms with Gasteiger partial charge in [0.1, 0.15) is 0 Å². The van der Waals surface area contributed by atoms with Crippen LogP contribution in [0.5, 0.6) is 0 Å². The molecular weight excluding hydrogens is 410 g/mol. The number of nitrogens with one attached hydrogen (secondary N) is 1. The lowest BCUT2D eigenvalue weighted by molar-refractivity contribution is -0.128. The molecule has 0 aliphatic carbocycles. The predicted octanol–water partition coefficient (Wildman–Crippen LogP) is 4.62. The van der Waals surface area contributed by atoms with E-state index in [9.17, 15) is 9.59 Å². The molecule has 1 saturated heterocycles. The van der Waals surface area contributed by atoms with Gasteiger partial charge in [-0.25, -0.2) is 0 Å². The van der Waals surface area contributed by atoms with Crippen LogP contribution in [0.25, 0.3) is 21.8 Å². The summed E-state index contributed by atoms with van der Waals surface area (Å²) in [5.41, 5.74) is 4.79. The van der Waals surface area contributed by atoms with E-state index >= 15 is 0 Å². The highest BCUT2D eigenvalue weighted by molar-refractivity contribution is 6.13. The Labute approximate surface area is 193 Å². The number of hydrogen-bond acceptors (Lipinski definition) is 3. The minimum absolute atomic E-state index is 0.139. The SMILES string of the molecule is CCn1c2ccccc2c2ccc(CN3CCC4(CC3)C(=O)NC(=O)c3ccccc34)cc21. The fourth-order valence-corrected chi connectivity index (χ4v) is 5.89. The summed E-state index contributed by atoms with van der Waals surface area (Å²) in [5, 5.41) is 5.21. The van der Waals surface area contributed by atoms with Crippen molar-refractivity contribution in [2.24, 2.45) is 0 Å². The number of carbonyl (C=O) groups excluding carboxylic acids is 2. The third-order valence-electron chi connectivity index (χ3n) is 7.62. The number of para-hydroxylation sites is 1. The topological polar surface area (TPSA) is 54.3 Å². The third kappa shape index (κ3) is 3.03. The van der Waals surface area contributed by atoms with Crippen molar-refractivity contribution in [2.45, 2.75) is 38.3 Å². The van der Waals surface area contributed by atoms with E-state index in [1.807, 2.05) is 24.3 Å². The number of rotatable bonds is 3. The average molecular weight is 438 g/mol. The molecule has 4 aromatic rings. The minimum Gasteiger partial charge on any atom is -0.341 e. The van der Waals surface area contributed by atoms with E-state index in [1.54, 1.807) is 0 Å². The van der Waals surface area contributed by atoms with Crippen LogP contribution in [0, 0.1) is 0 Å². The van der Waals surface area contributed by atoms with Crippen molar-refractivity contribution in [1.29, 1.82) is 0 Å². The normalized spacial score (nSPS) is 18.1. The number of hydrogen-bond donors (Lipinski definition) is 1. The van der Waals surface area contributed by atoms with E-state index in [1.165, 1.54) is 27.4 Å². The van der Waals surface area contributed by atoms with Crippen molar-refractivity contribution >= 4 is 33.6 Å². The number of carbonyl (C=O) groups is 2. The fraction of sp³-hybridized carbons (Fsp3) is 0.286. The number of aromatic nitrogens is 1. The summed E-state index contributed by atoms with van der Waals surface area (Å²) in [5.74, 6) is -0.414. The zero-order valence-electron chi connectivity index (χ0n) is 18.8. The van der Waals surface area contributed by atoms with Gasteiger partial charge in [-0.15, -0.1) is 0 Å². The summed E-state index contributed by atoms with van der Waals surface area (Å²) in [6.45, 7) is 5.64. The smallest absolute Gasteiger partial charge is 0.258 e. The lowest BCUT2D eigenvalue weighted by atomic mass is 9.68. The first-order valence-electron chi connectivity index (χ1n) is 11.8. The van der Waals surface area contributed by atoms with Crippen molar-refractivity contribution in [3.63, 3.8) is 0 Å². The first-order chi connectivity index (χ1) is 16.1. The van der Waals surface area contributed by atoms with E-state index in [-0.39, 0.29) is 11.8 Å². The Morgan fingerprint density at radius 3 is 2.42 bits per heavy atom. The summed E-state index contributed by atoms with van der Waals surface area (Å²) >= 11 is 0. The molecular formula is C28H27N3O2. The zero-order valence-corrected chi connectivity index (χ0v) is 18.8. The second-order valence-electron chi connectivity index (χ2n) is 9.30. The number of piperidine rings is 1. The molecule has 2 aliphatic rings. The van der Waals surface area contributed by atoms with Crippen LogP contribution in [0.4, 0.5) is 0 Å². The Kier molecular flexibility index (Phi) is 4.63. The molecule has 6 rings (SSSR count). The van der Waals surface area contributed by atoms with Crippen LogP contribution in [0.3, 0.4) is 0 Å². The van der Waals surface area contributed by atoms with Crippen molar-refractivity contribution in [1.82, 2.24) is 14.8 Å². The van der Waals surface area contributed by atoms with Gasteiger partial charge < -0.3 is 4.57 Å². The first-order valence-corrected chi connectivity index (χ1v) is 11.8. The van der Waals surface area contributed by atoms with E-state index in [2.05, 4.69) is 64.2 Å². The Morgan fingerprint density at radius 2 is 1.61 bits per heavy atom. The molecule has 2 aliphatic heterocycles. The third-order valence-corrected chi connectivity index (χ3v) is 7.62. The Balaban J connectivity index is 1.27. The van der Waals surface area contributed by atoms with E-state index in [0.29, 0.717) is 5.56 Å². The summed E-state index contributed by atoms with van der Waals surface area (Å²) < 4.78 is 2.39. The summed E-state index contributed by atoms with van der Waals surface area (Å²) in [6.07, 6.45) is 1.45. The minimum atomic E-state index is -0.598. The zero-order chi connectivity index (χ0) is 22.6. The summed E-state index contributed by atoms with van der Waals surface area (Å²) in [4.78, 5) is 27.7. The molecule has 2 amide bonds. The van der Waals surface area contributed by atoms with Crippen molar-refractivity contribution in [3.8, 4) is 0 Å². The molecule has 1 spiro atoms. The number of imide groups is 1. The average Bonchev–Trinajstić information content (AvgIpc) is 3.17. The first kappa shape index (κ1) is 20.2. The van der Waals surface area contributed by atoms with E-state index in [0.717, 1.165) is 44.6 Å². The maximum absolute atomic E-state index is 13.0. The van der Waals surface area contributed by atoms with Gasteiger partial charge in [0.05, 0.1) is 5.41 Å². The molecule has 1 aromatic heterocycles.